The number of halogens is 2. The number of carbonyl (C=O) groups excluding carboxylic acids is 1. The Balaban J connectivity index is 2.04. The minimum absolute atomic E-state index is 0.0357. The number of rotatable bonds is 3. The molecule has 2 rings (SSSR count). The predicted octanol–water partition coefficient (Wildman–Crippen LogP) is 3.03. The molecule has 3 nitrogen and oxygen atoms in total. The van der Waals surface area contributed by atoms with Gasteiger partial charge in [-0.1, -0.05) is 36.2 Å². The summed E-state index contributed by atoms with van der Waals surface area (Å²) in [5, 5.41) is 7.43. The Hall–Kier alpha value is -0.770. The van der Waals surface area contributed by atoms with Crippen molar-refractivity contribution in [1.82, 2.24) is 10.6 Å². The van der Waals surface area contributed by atoms with E-state index in [2.05, 4.69) is 17.6 Å². The van der Waals surface area contributed by atoms with Gasteiger partial charge in [-0.3, -0.25) is 4.79 Å². The highest BCUT2D eigenvalue weighted by Gasteiger charge is 2.30. The summed E-state index contributed by atoms with van der Waals surface area (Å²) < 4.78 is 0. The first-order chi connectivity index (χ1) is 8.99. The van der Waals surface area contributed by atoms with Crippen molar-refractivity contribution in [2.75, 3.05) is 13.1 Å². The molecule has 1 heterocycles. The molecule has 5 heteroatoms. The first-order valence-electron chi connectivity index (χ1n) is 6.45. The molecule has 2 N–H and O–H groups in total. The number of hydrogen-bond acceptors (Lipinski definition) is 2. The Morgan fingerprint density at radius 3 is 2.74 bits per heavy atom. The third-order valence-corrected chi connectivity index (χ3v) is 4.20. The quantitative estimate of drug-likeness (QED) is 0.901. The number of carbonyl (C=O) groups is 1. The van der Waals surface area contributed by atoms with Crippen molar-refractivity contribution < 1.29 is 4.79 Å². The topological polar surface area (TPSA) is 41.1 Å². The molecule has 0 aliphatic carbocycles. The van der Waals surface area contributed by atoms with Crippen LogP contribution < -0.4 is 10.6 Å². The third kappa shape index (κ3) is 3.41. The zero-order chi connectivity index (χ0) is 14.0. The van der Waals surface area contributed by atoms with Gasteiger partial charge >= 0.3 is 0 Å². The lowest BCUT2D eigenvalue weighted by molar-refractivity contribution is -0.126. The Labute approximate surface area is 123 Å². The smallest absolute Gasteiger partial charge is 0.225 e. The first kappa shape index (κ1) is 14.6. The van der Waals surface area contributed by atoms with E-state index in [1.165, 1.54) is 0 Å². The number of hydrogen-bond donors (Lipinski definition) is 2. The average Bonchev–Trinajstić information content (AvgIpc) is 2.75. The van der Waals surface area contributed by atoms with Gasteiger partial charge in [0.2, 0.25) is 5.91 Å². The largest absolute Gasteiger partial charge is 0.349 e. The lowest BCUT2D eigenvalue weighted by atomic mass is 9.96. The van der Waals surface area contributed by atoms with Crippen molar-refractivity contribution in [2.45, 2.75) is 19.9 Å². The monoisotopic (exact) mass is 300 g/mol. The van der Waals surface area contributed by atoms with E-state index in [-0.39, 0.29) is 17.9 Å². The van der Waals surface area contributed by atoms with Crippen LogP contribution >= 0.6 is 23.2 Å². The lowest BCUT2D eigenvalue weighted by Crippen LogP contribution is -2.36. The summed E-state index contributed by atoms with van der Waals surface area (Å²) in [6.07, 6.45) is 0. The van der Waals surface area contributed by atoms with Crippen LogP contribution in [0.1, 0.15) is 25.5 Å². The summed E-state index contributed by atoms with van der Waals surface area (Å²) in [5.74, 6) is 0.484. The van der Waals surface area contributed by atoms with E-state index in [1.807, 2.05) is 13.0 Å². The molecule has 1 fully saturated rings. The fourth-order valence-electron chi connectivity index (χ4n) is 2.41. The molecule has 1 aliphatic rings. The summed E-state index contributed by atoms with van der Waals surface area (Å²) >= 11 is 12.0. The Bertz CT molecular complexity index is 479. The summed E-state index contributed by atoms with van der Waals surface area (Å²) in [6, 6.07) is 5.21. The maximum Gasteiger partial charge on any atom is 0.225 e. The molecule has 1 amide bonds. The zero-order valence-corrected chi connectivity index (χ0v) is 12.6. The van der Waals surface area contributed by atoms with Gasteiger partial charge in [-0.05, 0) is 37.1 Å². The van der Waals surface area contributed by atoms with Gasteiger partial charge < -0.3 is 10.6 Å². The van der Waals surface area contributed by atoms with Crippen LogP contribution in [0.5, 0.6) is 0 Å². The van der Waals surface area contributed by atoms with Crippen LogP contribution in [0.2, 0.25) is 10.0 Å². The van der Waals surface area contributed by atoms with Crippen LogP contribution in [-0.2, 0) is 4.79 Å². The van der Waals surface area contributed by atoms with Gasteiger partial charge in [0, 0.05) is 16.6 Å². The molecule has 0 bridgehead atoms. The van der Waals surface area contributed by atoms with E-state index in [4.69, 9.17) is 23.2 Å². The maximum absolute atomic E-state index is 12.2. The van der Waals surface area contributed by atoms with Gasteiger partial charge in [0.1, 0.15) is 0 Å². The van der Waals surface area contributed by atoms with Gasteiger partial charge in [-0.15, -0.1) is 0 Å². The van der Waals surface area contributed by atoms with Crippen LogP contribution in [0.4, 0.5) is 0 Å². The van der Waals surface area contributed by atoms with E-state index in [1.54, 1.807) is 12.1 Å². The first-order valence-corrected chi connectivity index (χ1v) is 7.20. The minimum atomic E-state index is -0.120. The molecular formula is C14H18Cl2N2O. The maximum atomic E-state index is 12.2. The molecule has 1 aliphatic heterocycles. The van der Waals surface area contributed by atoms with E-state index in [0.29, 0.717) is 16.0 Å². The molecule has 1 aromatic carbocycles. The molecule has 1 saturated heterocycles. The van der Waals surface area contributed by atoms with E-state index < -0.39 is 0 Å². The summed E-state index contributed by atoms with van der Waals surface area (Å²) in [5.41, 5.74) is 0.887. The zero-order valence-electron chi connectivity index (χ0n) is 11.0. The minimum Gasteiger partial charge on any atom is -0.349 e. The highest BCUT2D eigenvalue weighted by Crippen LogP contribution is 2.27. The molecule has 1 aromatic rings. The van der Waals surface area contributed by atoms with Crippen molar-refractivity contribution in [3.8, 4) is 0 Å². The van der Waals surface area contributed by atoms with Gasteiger partial charge in [-0.25, -0.2) is 0 Å². The summed E-state index contributed by atoms with van der Waals surface area (Å²) in [6.45, 7) is 5.66. The normalized spacial score (nSPS) is 24.2. The van der Waals surface area contributed by atoms with E-state index >= 15 is 0 Å². The van der Waals surface area contributed by atoms with Crippen molar-refractivity contribution >= 4 is 29.1 Å². The predicted molar refractivity (Wildman–Crippen MR) is 78.5 cm³/mol. The summed E-state index contributed by atoms with van der Waals surface area (Å²) in [4.78, 5) is 12.2. The summed E-state index contributed by atoms with van der Waals surface area (Å²) in [7, 11) is 0. The molecule has 3 atom stereocenters. The third-order valence-electron chi connectivity index (χ3n) is 3.64. The SMILES string of the molecule is CC(NC(=O)[C@@H]1CNC[C@H]1C)c1ccc(Cl)cc1Cl. The fourth-order valence-corrected chi connectivity index (χ4v) is 2.98. The van der Waals surface area contributed by atoms with Gasteiger partial charge in [0.05, 0.1) is 12.0 Å². The molecule has 0 aromatic heterocycles. The van der Waals surface area contributed by atoms with E-state index in [0.717, 1.165) is 18.7 Å². The van der Waals surface area contributed by atoms with Crippen LogP contribution in [0, 0.1) is 11.8 Å². The second-order valence-electron chi connectivity index (χ2n) is 5.14. The van der Waals surface area contributed by atoms with E-state index in [9.17, 15) is 4.79 Å². The van der Waals surface area contributed by atoms with Crippen LogP contribution in [0.25, 0.3) is 0 Å². The second kappa shape index (κ2) is 6.12. The Morgan fingerprint density at radius 1 is 1.42 bits per heavy atom. The van der Waals surface area contributed by atoms with Crippen molar-refractivity contribution in [3.63, 3.8) is 0 Å². The van der Waals surface area contributed by atoms with Gasteiger partial charge in [0.15, 0.2) is 0 Å². The van der Waals surface area contributed by atoms with Gasteiger partial charge in [-0.2, -0.15) is 0 Å². The highest BCUT2D eigenvalue weighted by molar-refractivity contribution is 6.35. The number of benzene rings is 1. The molecule has 19 heavy (non-hydrogen) atoms. The van der Waals surface area contributed by atoms with Crippen molar-refractivity contribution in [1.29, 1.82) is 0 Å². The fraction of sp³-hybridized carbons (Fsp3) is 0.500. The van der Waals surface area contributed by atoms with Crippen LogP contribution in [0.3, 0.4) is 0 Å². The van der Waals surface area contributed by atoms with Crippen molar-refractivity contribution in [3.05, 3.63) is 33.8 Å². The molecule has 0 spiro atoms. The Morgan fingerprint density at radius 2 is 2.16 bits per heavy atom. The van der Waals surface area contributed by atoms with Crippen LogP contribution in [-0.4, -0.2) is 19.0 Å². The van der Waals surface area contributed by atoms with Crippen LogP contribution in [0.15, 0.2) is 18.2 Å². The van der Waals surface area contributed by atoms with Gasteiger partial charge in [0.25, 0.3) is 0 Å². The number of nitrogens with one attached hydrogen (secondary N) is 2. The number of amides is 1. The molecule has 0 saturated carbocycles. The molecule has 104 valence electrons. The second-order valence-corrected chi connectivity index (χ2v) is 5.98. The average molecular weight is 301 g/mol. The highest BCUT2D eigenvalue weighted by atomic mass is 35.5. The standard InChI is InChI=1S/C14H18Cl2N2O/c1-8-6-17-7-12(8)14(19)18-9(2)11-4-3-10(15)5-13(11)16/h3-5,8-9,12,17H,6-7H2,1-2H3,(H,18,19)/t8-,9?,12-/m1/s1. The molecular weight excluding hydrogens is 283 g/mol. The Kier molecular flexibility index (Phi) is 4.71. The lowest BCUT2D eigenvalue weighted by Gasteiger charge is -2.20. The van der Waals surface area contributed by atoms with Crippen molar-refractivity contribution in [2.24, 2.45) is 11.8 Å². The molecule has 1 unspecified atom stereocenters. The molecule has 0 radical (unpaired) electrons.